The molecule has 3 heterocycles. The summed E-state index contributed by atoms with van der Waals surface area (Å²) in [5, 5.41) is 28.2. The van der Waals surface area contributed by atoms with Crippen LogP contribution >= 0.6 is 0 Å². The lowest BCUT2D eigenvalue weighted by molar-refractivity contribution is -0.389. The molecule has 2 N–H and O–H groups in total. The molecule has 0 bridgehead atoms. The van der Waals surface area contributed by atoms with Crippen molar-refractivity contribution in [1.29, 1.82) is 0 Å². The average molecular weight is 415 g/mol. The maximum atomic E-state index is 12.7. The Morgan fingerprint density at radius 1 is 1.10 bits per heavy atom. The molecule has 3 aromatic rings. The van der Waals surface area contributed by atoms with Gasteiger partial charge in [0.15, 0.2) is 0 Å². The minimum atomic E-state index is -0.589. The molecular weight excluding hydrogens is 394 g/mol. The molecule has 0 unspecified atom stereocenters. The van der Waals surface area contributed by atoms with Crippen LogP contribution in [-0.4, -0.2) is 46.1 Å². The lowest BCUT2D eigenvalue weighted by Gasteiger charge is -2.09. The van der Waals surface area contributed by atoms with Gasteiger partial charge in [-0.15, -0.1) is 0 Å². The Bertz CT molecular complexity index is 1120. The number of aryl methyl sites for hydroxylation is 4. The van der Waals surface area contributed by atoms with Crippen LogP contribution in [0.5, 0.6) is 0 Å². The standard InChI is InChI=1S/C17H21N9O4/c1-10-7-14(26(29)30)22-25(10)6-5-15(27)20-13-9-19-24(4)16(13)17(28)21-12-8-18-23(3)11(12)2/h7-9H,5-6H2,1-4H3,(H,20,27)(H,21,28). The Morgan fingerprint density at radius 2 is 1.77 bits per heavy atom. The lowest BCUT2D eigenvalue weighted by atomic mass is 10.3. The van der Waals surface area contributed by atoms with Crippen LogP contribution in [0.25, 0.3) is 0 Å². The molecule has 3 aromatic heterocycles. The highest BCUT2D eigenvalue weighted by Gasteiger charge is 2.21. The van der Waals surface area contributed by atoms with E-state index in [0.717, 1.165) is 5.69 Å². The molecule has 0 aliphatic carbocycles. The van der Waals surface area contributed by atoms with E-state index in [1.165, 1.54) is 27.8 Å². The molecule has 0 saturated heterocycles. The molecule has 2 amide bonds. The predicted octanol–water partition coefficient (Wildman–Crippen LogP) is 1.16. The van der Waals surface area contributed by atoms with Crippen LogP contribution in [0.1, 0.15) is 28.3 Å². The highest BCUT2D eigenvalue weighted by atomic mass is 16.6. The van der Waals surface area contributed by atoms with Crippen molar-refractivity contribution >= 4 is 29.0 Å². The van der Waals surface area contributed by atoms with Crippen molar-refractivity contribution in [2.24, 2.45) is 14.1 Å². The van der Waals surface area contributed by atoms with E-state index in [1.807, 2.05) is 6.92 Å². The average Bonchev–Trinajstić information content (AvgIpc) is 3.33. The van der Waals surface area contributed by atoms with Gasteiger partial charge in [0.05, 0.1) is 52.9 Å². The monoisotopic (exact) mass is 415 g/mol. The SMILES string of the molecule is Cc1c(NC(=O)c2c(NC(=O)CCn3nc([N+](=O)[O-])cc3C)cnn2C)cnn1C. The van der Waals surface area contributed by atoms with Crippen molar-refractivity contribution in [2.45, 2.75) is 26.8 Å². The van der Waals surface area contributed by atoms with Gasteiger partial charge in [0.2, 0.25) is 5.91 Å². The van der Waals surface area contributed by atoms with Gasteiger partial charge in [-0.3, -0.25) is 19.0 Å². The third kappa shape index (κ3) is 4.19. The number of nitrogens with one attached hydrogen (secondary N) is 2. The van der Waals surface area contributed by atoms with E-state index in [0.29, 0.717) is 11.4 Å². The van der Waals surface area contributed by atoms with Crippen LogP contribution in [0.4, 0.5) is 17.2 Å². The smallest absolute Gasteiger partial charge is 0.358 e. The first-order chi connectivity index (χ1) is 14.2. The van der Waals surface area contributed by atoms with Gasteiger partial charge in [-0.25, -0.2) is 0 Å². The van der Waals surface area contributed by atoms with Crippen molar-refractivity contribution in [3.8, 4) is 0 Å². The summed E-state index contributed by atoms with van der Waals surface area (Å²) in [4.78, 5) is 35.3. The number of nitro groups is 1. The number of amides is 2. The summed E-state index contributed by atoms with van der Waals surface area (Å²) in [7, 11) is 3.35. The molecule has 0 atom stereocenters. The van der Waals surface area contributed by atoms with Crippen LogP contribution < -0.4 is 10.6 Å². The highest BCUT2D eigenvalue weighted by molar-refractivity contribution is 6.09. The maximum absolute atomic E-state index is 12.7. The van der Waals surface area contributed by atoms with Crippen LogP contribution in [0.2, 0.25) is 0 Å². The largest absolute Gasteiger partial charge is 0.390 e. The Hall–Kier alpha value is -4.03. The van der Waals surface area contributed by atoms with Crippen molar-refractivity contribution in [1.82, 2.24) is 29.3 Å². The maximum Gasteiger partial charge on any atom is 0.390 e. The van der Waals surface area contributed by atoms with Crippen LogP contribution in [0.15, 0.2) is 18.5 Å². The second-order valence-corrected chi connectivity index (χ2v) is 6.67. The van der Waals surface area contributed by atoms with Crippen LogP contribution in [0.3, 0.4) is 0 Å². The van der Waals surface area contributed by atoms with Gasteiger partial charge in [-0.05, 0) is 18.8 Å². The Kier molecular flexibility index (Phi) is 5.62. The number of rotatable bonds is 7. The molecule has 0 aromatic carbocycles. The number of nitrogens with zero attached hydrogens (tertiary/aromatic N) is 7. The van der Waals surface area contributed by atoms with E-state index in [4.69, 9.17) is 0 Å². The van der Waals surface area contributed by atoms with Gasteiger partial charge in [0.1, 0.15) is 5.69 Å². The first-order valence-electron chi connectivity index (χ1n) is 8.98. The number of hydrogen-bond donors (Lipinski definition) is 2. The van der Waals surface area contributed by atoms with E-state index in [1.54, 1.807) is 25.7 Å². The second-order valence-electron chi connectivity index (χ2n) is 6.67. The fraction of sp³-hybridized carbons (Fsp3) is 0.353. The molecule has 0 radical (unpaired) electrons. The van der Waals surface area contributed by atoms with Crippen molar-refractivity contribution in [3.63, 3.8) is 0 Å². The van der Waals surface area contributed by atoms with Gasteiger partial charge in [0, 0.05) is 20.5 Å². The lowest BCUT2D eigenvalue weighted by Crippen LogP contribution is -2.21. The minimum Gasteiger partial charge on any atom is -0.358 e. The Labute approximate surface area is 170 Å². The van der Waals surface area contributed by atoms with Gasteiger partial charge >= 0.3 is 5.82 Å². The first-order valence-corrected chi connectivity index (χ1v) is 8.98. The molecule has 0 aliphatic heterocycles. The Balaban J connectivity index is 1.67. The highest BCUT2D eigenvalue weighted by Crippen LogP contribution is 2.19. The van der Waals surface area contributed by atoms with Crippen molar-refractivity contribution in [2.75, 3.05) is 10.6 Å². The fourth-order valence-corrected chi connectivity index (χ4v) is 2.83. The minimum absolute atomic E-state index is 0.0113. The third-order valence-corrected chi connectivity index (χ3v) is 4.62. The Morgan fingerprint density at radius 3 is 2.37 bits per heavy atom. The topological polar surface area (TPSA) is 155 Å². The van der Waals surface area contributed by atoms with E-state index in [9.17, 15) is 19.7 Å². The second kappa shape index (κ2) is 8.14. The van der Waals surface area contributed by atoms with Crippen LogP contribution in [-0.2, 0) is 25.4 Å². The summed E-state index contributed by atoms with van der Waals surface area (Å²) in [5.41, 5.74) is 2.33. The van der Waals surface area contributed by atoms with E-state index in [-0.39, 0.29) is 36.1 Å². The number of carbonyl (C=O) groups is 2. The molecule has 0 saturated carbocycles. The van der Waals surface area contributed by atoms with Crippen molar-refractivity contribution < 1.29 is 14.5 Å². The molecule has 13 nitrogen and oxygen atoms in total. The summed E-state index contributed by atoms with van der Waals surface area (Å²) >= 11 is 0. The zero-order valence-electron chi connectivity index (χ0n) is 16.9. The molecular formula is C17H21N9O4. The molecule has 3 rings (SSSR count). The summed E-state index contributed by atoms with van der Waals surface area (Å²) in [6, 6.07) is 1.34. The van der Waals surface area contributed by atoms with E-state index < -0.39 is 10.8 Å². The zero-order valence-corrected chi connectivity index (χ0v) is 16.9. The fourth-order valence-electron chi connectivity index (χ4n) is 2.83. The quantitative estimate of drug-likeness (QED) is 0.433. The molecule has 0 aliphatic rings. The van der Waals surface area contributed by atoms with Crippen LogP contribution in [0, 0.1) is 24.0 Å². The molecule has 0 fully saturated rings. The number of aromatic nitrogens is 6. The number of hydrogen-bond acceptors (Lipinski definition) is 7. The number of anilines is 2. The van der Waals surface area contributed by atoms with Gasteiger partial charge in [0.25, 0.3) is 5.91 Å². The van der Waals surface area contributed by atoms with Crippen molar-refractivity contribution in [3.05, 3.63) is 45.7 Å². The number of carbonyl (C=O) groups excluding carboxylic acids is 2. The normalized spacial score (nSPS) is 10.8. The molecule has 158 valence electrons. The summed E-state index contributed by atoms with van der Waals surface area (Å²) in [6.45, 7) is 3.64. The summed E-state index contributed by atoms with van der Waals surface area (Å²) in [6.07, 6.45) is 2.93. The summed E-state index contributed by atoms with van der Waals surface area (Å²) in [5.74, 6) is -1.10. The first kappa shape index (κ1) is 20.7. The predicted molar refractivity (Wildman–Crippen MR) is 106 cm³/mol. The van der Waals surface area contributed by atoms with Gasteiger partial charge in [-0.1, -0.05) is 0 Å². The van der Waals surface area contributed by atoms with Gasteiger partial charge in [-0.2, -0.15) is 14.9 Å². The zero-order chi connectivity index (χ0) is 22.0. The molecule has 13 heteroatoms. The van der Waals surface area contributed by atoms with Gasteiger partial charge < -0.3 is 20.7 Å². The third-order valence-electron chi connectivity index (χ3n) is 4.62. The van der Waals surface area contributed by atoms with E-state index in [2.05, 4.69) is 25.9 Å². The van der Waals surface area contributed by atoms with E-state index >= 15 is 0 Å². The molecule has 0 spiro atoms. The summed E-state index contributed by atoms with van der Waals surface area (Å²) < 4.78 is 4.38. The molecule has 30 heavy (non-hydrogen) atoms.